The standard InChI is InChI=1S/C23H37N5O4/c1-5-27-19(21(30)24-10-6-14-32-4)16-23(22(27)31)8-12-26(13-9-23)20(29)7-11-28-18(3)15-17(2)25-28/h15,19H,5-14,16H2,1-4H3,(H,24,30). The first-order valence-corrected chi connectivity index (χ1v) is 11.7. The molecule has 2 aliphatic rings. The number of hydrogen-bond acceptors (Lipinski definition) is 5. The second kappa shape index (κ2) is 10.5. The Hall–Kier alpha value is -2.42. The van der Waals surface area contributed by atoms with Gasteiger partial charge in [-0.05, 0) is 52.5 Å². The van der Waals surface area contributed by atoms with Crippen molar-refractivity contribution in [2.75, 3.05) is 39.9 Å². The van der Waals surface area contributed by atoms with Crippen molar-refractivity contribution in [2.45, 2.75) is 65.5 Å². The van der Waals surface area contributed by atoms with Crippen molar-refractivity contribution in [1.82, 2.24) is 24.9 Å². The SMILES string of the molecule is CCN1C(=O)C2(CCN(C(=O)CCn3nc(C)cc3C)CC2)CC1C(=O)NCCCOC. The van der Waals surface area contributed by atoms with E-state index in [0.717, 1.165) is 17.8 Å². The molecule has 0 saturated carbocycles. The van der Waals surface area contributed by atoms with E-state index in [1.165, 1.54) is 0 Å². The highest BCUT2D eigenvalue weighted by Crippen LogP contribution is 2.44. The average molecular weight is 448 g/mol. The number of piperidine rings is 1. The van der Waals surface area contributed by atoms with E-state index in [0.29, 0.717) is 65.0 Å². The van der Waals surface area contributed by atoms with Crippen LogP contribution >= 0.6 is 0 Å². The number of likely N-dealkylation sites (tertiary alicyclic amines) is 2. The van der Waals surface area contributed by atoms with Crippen LogP contribution in [0.5, 0.6) is 0 Å². The van der Waals surface area contributed by atoms with Crippen molar-refractivity contribution in [1.29, 1.82) is 0 Å². The third kappa shape index (κ3) is 5.14. The zero-order valence-electron chi connectivity index (χ0n) is 19.9. The first-order valence-electron chi connectivity index (χ1n) is 11.7. The van der Waals surface area contributed by atoms with E-state index >= 15 is 0 Å². The number of rotatable bonds is 9. The number of nitrogens with zero attached hydrogens (tertiary/aromatic N) is 4. The third-order valence-electron chi connectivity index (χ3n) is 6.86. The van der Waals surface area contributed by atoms with E-state index in [4.69, 9.17) is 4.74 Å². The van der Waals surface area contributed by atoms with Gasteiger partial charge in [0.25, 0.3) is 0 Å². The number of carbonyl (C=O) groups excluding carboxylic acids is 3. The van der Waals surface area contributed by atoms with Gasteiger partial charge in [0.15, 0.2) is 0 Å². The van der Waals surface area contributed by atoms with Crippen LogP contribution in [0.4, 0.5) is 0 Å². The summed E-state index contributed by atoms with van der Waals surface area (Å²) in [5.74, 6) is 0.0704. The van der Waals surface area contributed by atoms with Crippen molar-refractivity contribution in [3.63, 3.8) is 0 Å². The van der Waals surface area contributed by atoms with Crippen LogP contribution in [-0.2, 0) is 25.7 Å². The molecule has 0 radical (unpaired) electrons. The van der Waals surface area contributed by atoms with Gasteiger partial charge in [-0.3, -0.25) is 19.1 Å². The van der Waals surface area contributed by atoms with Gasteiger partial charge in [0.2, 0.25) is 17.7 Å². The molecule has 1 aromatic rings. The Balaban J connectivity index is 1.54. The first kappa shape index (κ1) is 24.2. The molecule has 0 aromatic carbocycles. The fourth-order valence-corrected chi connectivity index (χ4v) is 5.02. The molecule has 0 aliphatic carbocycles. The highest BCUT2D eigenvalue weighted by atomic mass is 16.5. The highest BCUT2D eigenvalue weighted by molar-refractivity contribution is 5.94. The van der Waals surface area contributed by atoms with Crippen LogP contribution in [0, 0.1) is 19.3 Å². The zero-order chi connectivity index (χ0) is 23.3. The molecule has 1 unspecified atom stereocenters. The Labute approximate surface area is 190 Å². The fourth-order valence-electron chi connectivity index (χ4n) is 5.02. The smallest absolute Gasteiger partial charge is 0.242 e. The van der Waals surface area contributed by atoms with E-state index in [1.807, 2.05) is 36.4 Å². The summed E-state index contributed by atoms with van der Waals surface area (Å²) in [5.41, 5.74) is 1.47. The van der Waals surface area contributed by atoms with Crippen LogP contribution in [0.1, 0.15) is 50.4 Å². The molecule has 1 spiro atoms. The summed E-state index contributed by atoms with van der Waals surface area (Å²) in [6.07, 6.45) is 2.90. The summed E-state index contributed by atoms with van der Waals surface area (Å²) in [6.45, 7) is 9.18. The van der Waals surface area contributed by atoms with Gasteiger partial charge in [0, 0.05) is 58.6 Å². The quantitative estimate of drug-likeness (QED) is 0.575. The maximum Gasteiger partial charge on any atom is 0.242 e. The van der Waals surface area contributed by atoms with Crippen LogP contribution < -0.4 is 5.32 Å². The lowest BCUT2D eigenvalue weighted by molar-refractivity contribution is -0.143. The summed E-state index contributed by atoms with van der Waals surface area (Å²) in [4.78, 5) is 42.3. The van der Waals surface area contributed by atoms with Gasteiger partial charge in [0.1, 0.15) is 6.04 Å². The molecule has 2 aliphatic heterocycles. The molecule has 2 fully saturated rings. The van der Waals surface area contributed by atoms with Crippen molar-refractivity contribution in [3.8, 4) is 0 Å². The minimum absolute atomic E-state index is 0.0618. The Kier molecular flexibility index (Phi) is 7.92. The van der Waals surface area contributed by atoms with Crippen LogP contribution in [0.15, 0.2) is 6.07 Å². The van der Waals surface area contributed by atoms with Gasteiger partial charge in [-0.25, -0.2) is 0 Å². The molecule has 9 heteroatoms. The van der Waals surface area contributed by atoms with Crippen LogP contribution in [0.2, 0.25) is 0 Å². The number of ether oxygens (including phenoxy) is 1. The number of aromatic nitrogens is 2. The number of nitrogens with one attached hydrogen (secondary N) is 1. The summed E-state index contributed by atoms with van der Waals surface area (Å²) in [6, 6.07) is 1.58. The predicted octanol–water partition coefficient (Wildman–Crippen LogP) is 1.27. The average Bonchev–Trinajstić information content (AvgIpc) is 3.25. The van der Waals surface area contributed by atoms with Crippen molar-refractivity contribution < 1.29 is 19.1 Å². The topological polar surface area (TPSA) is 96.8 Å². The molecule has 1 aromatic heterocycles. The Morgan fingerprint density at radius 3 is 2.59 bits per heavy atom. The van der Waals surface area contributed by atoms with Crippen molar-refractivity contribution >= 4 is 17.7 Å². The van der Waals surface area contributed by atoms with E-state index in [2.05, 4.69) is 10.4 Å². The number of likely N-dealkylation sites (N-methyl/N-ethyl adjacent to an activating group) is 1. The van der Waals surface area contributed by atoms with Gasteiger partial charge in [0.05, 0.1) is 11.1 Å². The largest absolute Gasteiger partial charge is 0.385 e. The second-order valence-corrected chi connectivity index (χ2v) is 9.01. The molecule has 3 amide bonds. The number of amides is 3. The second-order valence-electron chi connectivity index (χ2n) is 9.01. The van der Waals surface area contributed by atoms with Gasteiger partial charge in [-0.2, -0.15) is 5.10 Å². The maximum atomic E-state index is 13.2. The Morgan fingerprint density at radius 1 is 1.28 bits per heavy atom. The minimum atomic E-state index is -0.531. The number of hydrogen-bond donors (Lipinski definition) is 1. The number of aryl methyl sites for hydroxylation is 3. The predicted molar refractivity (Wildman–Crippen MR) is 120 cm³/mol. The highest BCUT2D eigenvalue weighted by Gasteiger charge is 2.54. The molecular formula is C23H37N5O4. The van der Waals surface area contributed by atoms with E-state index in [9.17, 15) is 14.4 Å². The number of methoxy groups -OCH3 is 1. The molecule has 1 N–H and O–H groups in total. The summed E-state index contributed by atoms with van der Waals surface area (Å²) < 4.78 is 6.89. The summed E-state index contributed by atoms with van der Waals surface area (Å²) >= 11 is 0. The minimum Gasteiger partial charge on any atom is -0.385 e. The lowest BCUT2D eigenvalue weighted by atomic mass is 9.76. The third-order valence-corrected chi connectivity index (χ3v) is 6.86. The summed E-state index contributed by atoms with van der Waals surface area (Å²) in [5, 5.41) is 7.37. The number of carbonyl (C=O) groups is 3. The molecule has 0 bridgehead atoms. The molecule has 2 saturated heterocycles. The zero-order valence-corrected chi connectivity index (χ0v) is 19.9. The molecular weight excluding hydrogens is 410 g/mol. The monoisotopic (exact) mass is 447 g/mol. The van der Waals surface area contributed by atoms with E-state index in [1.54, 1.807) is 12.0 Å². The van der Waals surface area contributed by atoms with E-state index < -0.39 is 11.5 Å². The van der Waals surface area contributed by atoms with Crippen LogP contribution in [-0.4, -0.2) is 83.2 Å². The molecule has 9 nitrogen and oxygen atoms in total. The Morgan fingerprint density at radius 2 is 2.00 bits per heavy atom. The van der Waals surface area contributed by atoms with Crippen molar-refractivity contribution in [2.24, 2.45) is 5.41 Å². The lowest BCUT2D eigenvalue weighted by Crippen LogP contribution is -2.47. The van der Waals surface area contributed by atoms with Crippen LogP contribution in [0.25, 0.3) is 0 Å². The fraction of sp³-hybridized carbons (Fsp3) is 0.739. The van der Waals surface area contributed by atoms with Gasteiger partial charge >= 0.3 is 0 Å². The summed E-state index contributed by atoms with van der Waals surface area (Å²) in [7, 11) is 1.64. The maximum absolute atomic E-state index is 13.2. The first-order chi connectivity index (χ1) is 15.3. The van der Waals surface area contributed by atoms with Crippen molar-refractivity contribution in [3.05, 3.63) is 17.5 Å². The lowest BCUT2D eigenvalue weighted by Gasteiger charge is -2.38. The van der Waals surface area contributed by atoms with E-state index in [-0.39, 0.29) is 17.7 Å². The van der Waals surface area contributed by atoms with Gasteiger partial charge < -0.3 is 19.9 Å². The molecule has 32 heavy (non-hydrogen) atoms. The molecule has 178 valence electrons. The normalized spacial score (nSPS) is 20.2. The Bertz CT molecular complexity index is 828. The molecule has 3 heterocycles. The van der Waals surface area contributed by atoms with Crippen LogP contribution in [0.3, 0.4) is 0 Å². The molecule has 1 atom stereocenters. The van der Waals surface area contributed by atoms with Gasteiger partial charge in [-0.15, -0.1) is 0 Å². The van der Waals surface area contributed by atoms with Gasteiger partial charge in [-0.1, -0.05) is 0 Å². The molecule has 3 rings (SSSR count).